The van der Waals surface area contributed by atoms with Crippen LogP contribution in [-0.4, -0.2) is 27.8 Å². The van der Waals surface area contributed by atoms with E-state index < -0.39 is 11.7 Å². The van der Waals surface area contributed by atoms with Crippen LogP contribution in [0.4, 0.5) is 10.1 Å². The van der Waals surface area contributed by atoms with Crippen molar-refractivity contribution in [3.63, 3.8) is 0 Å². The molecule has 0 bridgehead atoms. The molecule has 0 spiro atoms. The molecule has 4 rings (SSSR count). The predicted octanol–water partition coefficient (Wildman–Crippen LogP) is 4.53. The van der Waals surface area contributed by atoms with Gasteiger partial charge in [0, 0.05) is 18.4 Å². The number of para-hydroxylation sites is 1. The summed E-state index contributed by atoms with van der Waals surface area (Å²) >= 11 is 1.46. The Bertz CT molecular complexity index is 1140. The summed E-state index contributed by atoms with van der Waals surface area (Å²) in [5, 5.41) is 9.09. The molecule has 0 aliphatic heterocycles. The van der Waals surface area contributed by atoms with Gasteiger partial charge in [-0.25, -0.2) is 14.1 Å². The zero-order chi connectivity index (χ0) is 20.2. The van der Waals surface area contributed by atoms with E-state index in [0.717, 1.165) is 10.4 Å². The Labute approximate surface area is 170 Å². The van der Waals surface area contributed by atoms with Crippen LogP contribution in [-0.2, 0) is 11.3 Å². The molecular weight excluding hydrogens is 391 g/mol. The van der Waals surface area contributed by atoms with E-state index in [1.54, 1.807) is 25.3 Å². The van der Waals surface area contributed by atoms with Gasteiger partial charge < -0.3 is 10.1 Å². The maximum atomic E-state index is 13.7. The van der Waals surface area contributed by atoms with Gasteiger partial charge in [-0.2, -0.15) is 0 Å². The number of methoxy groups -OCH3 is 1. The number of nitrogens with zero attached hydrogens (tertiary/aromatic N) is 3. The van der Waals surface area contributed by atoms with Gasteiger partial charge in [0.2, 0.25) is 5.82 Å². The van der Waals surface area contributed by atoms with Crippen LogP contribution in [0.15, 0.2) is 66.0 Å². The van der Waals surface area contributed by atoms with Gasteiger partial charge in [0.25, 0.3) is 5.91 Å². The molecule has 2 heterocycles. The molecule has 29 heavy (non-hydrogen) atoms. The molecule has 2 aromatic carbocycles. The summed E-state index contributed by atoms with van der Waals surface area (Å²) in [5.41, 5.74) is 1.95. The molecule has 6 nitrogen and oxygen atoms in total. The molecule has 1 N–H and O–H groups in total. The Balaban J connectivity index is 1.72. The monoisotopic (exact) mass is 408 g/mol. The molecule has 2 aromatic heterocycles. The summed E-state index contributed by atoms with van der Waals surface area (Å²) in [4.78, 5) is 18.1. The summed E-state index contributed by atoms with van der Waals surface area (Å²) in [6.45, 7) is 0.363. The topological polar surface area (TPSA) is 69.0 Å². The molecule has 0 unspecified atom stereocenters. The third-order valence-corrected chi connectivity index (χ3v) is 5.04. The van der Waals surface area contributed by atoms with Gasteiger partial charge in [0.05, 0.1) is 17.2 Å². The second-order valence-corrected chi connectivity index (χ2v) is 7.12. The van der Waals surface area contributed by atoms with E-state index in [-0.39, 0.29) is 5.82 Å². The Morgan fingerprint density at radius 3 is 2.79 bits per heavy atom. The Morgan fingerprint density at radius 2 is 2.03 bits per heavy atom. The Morgan fingerprint density at radius 1 is 1.17 bits per heavy atom. The Kier molecular flexibility index (Phi) is 5.46. The van der Waals surface area contributed by atoms with Crippen molar-refractivity contribution in [3.8, 4) is 16.4 Å². The highest BCUT2D eigenvalue weighted by atomic mass is 32.1. The lowest BCUT2D eigenvalue weighted by atomic mass is 10.2. The summed E-state index contributed by atoms with van der Waals surface area (Å²) in [6.07, 6.45) is 0. The van der Waals surface area contributed by atoms with Gasteiger partial charge >= 0.3 is 0 Å². The first-order chi connectivity index (χ1) is 14.2. The molecule has 0 aliphatic carbocycles. The fraction of sp³-hybridized carbons (Fsp3) is 0.0952. The number of aromatic nitrogens is 3. The summed E-state index contributed by atoms with van der Waals surface area (Å²) in [5.74, 6) is -0.387. The highest BCUT2D eigenvalue weighted by Crippen LogP contribution is 2.26. The number of carbonyl (C=O) groups excluding carboxylic acids is 1. The normalized spacial score (nSPS) is 10.8. The second kappa shape index (κ2) is 8.34. The number of hydrogen-bond acceptors (Lipinski definition) is 5. The quantitative estimate of drug-likeness (QED) is 0.509. The molecule has 4 aromatic rings. The first-order valence-electron chi connectivity index (χ1n) is 8.81. The number of ether oxygens (including phenoxy) is 1. The maximum absolute atomic E-state index is 13.7. The van der Waals surface area contributed by atoms with Gasteiger partial charge in [-0.1, -0.05) is 30.3 Å². The van der Waals surface area contributed by atoms with Crippen molar-refractivity contribution < 1.29 is 13.9 Å². The Hall–Kier alpha value is -3.36. The van der Waals surface area contributed by atoms with Crippen LogP contribution < -0.4 is 5.32 Å². The molecular formula is C21H17FN4O2S. The van der Waals surface area contributed by atoms with Gasteiger partial charge in [0.15, 0.2) is 5.82 Å². The molecule has 0 fully saturated rings. The van der Waals surface area contributed by atoms with E-state index in [2.05, 4.69) is 15.4 Å². The van der Waals surface area contributed by atoms with Crippen molar-refractivity contribution >= 4 is 22.9 Å². The van der Waals surface area contributed by atoms with Crippen molar-refractivity contribution in [3.05, 3.63) is 83.2 Å². The lowest BCUT2D eigenvalue weighted by Gasteiger charge is -2.08. The number of amides is 1. The van der Waals surface area contributed by atoms with Gasteiger partial charge in [-0.3, -0.25) is 4.79 Å². The third kappa shape index (κ3) is 4.08. The highest BCUT2D eigenvalue weighted by molar-refractivity contribution is 7.13. The van der Waals surface area contributed by atoms with Crippen molar-refractivity contribution in [1.29, 1.82) is 0 Å². The fourth-order valence-electron chi connectivity index (χ4n) is 2.86. The van der Waals surface area contributed by atoms with Crippen LogP contribution in [0.3, 0.4) is 0 Å². The lowest BCUT2D eigenvalue weighted by Crippen LogP contribution is -2.15. The van der Waals surface area contributed by atoms with E-state index in [4.69, 9.17) is 4.74 Å². The number of rotatable bonds is 6. The fourth-order valence-corrected chi connectivity index (χ4v) is 3.56. The van der Waals surface area contributed by atoms with Crippen molar-refractivity contribution in [2.75, 3.05) is 12.4 Å². The van der Waals surface area contributed by atoms with E-state index in [1.807, 2.05) is 35.7 Å². The number of anilines is 1. The van der Waals surface area contributed by atoms with Crippen LogP contribution in [0.5, 0.6) is 0 Å². The average Bonchev–Trinajstić information content (AvgIpc) is 3.39. The molecule has 8 heteroatoms. The molecule has 0 aliphatic rings. The predicted molar refractivity (Wildman–Crippen MR) is 110 cm³/mol. The van der Waals surface area contributed by atoms with Crippen LogP contribution in [0.25, 0.3) is 16.4 Å². The van der Waals surface area contributed by atoms with Crippen molar-refractivity contribution in [2.24, 2.45) is 0 Å². The minimum Gasteiger partial charge on any atom is -0.380 e. The van der Waals surface area contributed by atoms with Gasteiger partial charge in [0.1, 0.15) is 5.82 Å². The zero-order valence-corrected chi connectivity index (χ0v) is 16.3. The standard InChI is InChI=1S/C21H17FN4O2S/c1-28-13-14-6-2-3-9-17(14)23-21(27)19-24-20(18-10-5-11-29-18)26(25-19)16-8-4-7-15(22)12-16/h2-12H,13H2,1H3,(H,23,27). The van der Waals surface area contributed by atoms with Crippen LogP contribution >= 0.6 is 11.3 Å². The number of thiophene rings is 1. The molecule has 0 atom stereocenters. The number of carbonyl (C=O) groups is 1. The van der Waals surface area contributed by atoms with Crippen LogP contribution in [0, 0.1) is 5.82 Å². The van der Waals surface area contributed by atoms with E-state index >= 15 is 0 Å². The first-order valence-corrected chi connectivity index (χ1v) is 9.69. The van der Waals surface area contributed by atoms with E-state index in [0.29, 0.717) is 23.8 Å². The smallest absolute Gasteiger partial charge is 0.295 e. The van der Waals surface area contributed by atoms with E-state index in [1.165, 1.54) is 28.2 Å². The molecule has 0 saturated heterocycles. The molecule has 0 saturated carbocycles. The van der Waals surface area contributed by atoms with Crippen molar-refractivity contribution in [2.45, 2.75) is 6.61 Å². The van der Waals surface area contributed by atoms with E-state index in [9.17, 15) is 9.18 Å². The van der Waals surface area contributed by atoms with Crippen LogP contribution in [0.1, 0.15) is 16.2 Å². The largest absolute Gasteiger partial charge is 0.380 e. The third-order valence-electron chi connectivity index (χ3n) is 4.17. The molecule has 146 valence electrons. The molecule has 1 amide bonds. The minimum absolute atomic E-state index is 0.00937. The highest BCUT2D eigenvalue weighted by Gasteiger charge is 2.20. The van der Waals surface area contributed by atoms with Crippen LogP contribution in [0.2, 0.25) is 0 Å². The second-order valence-electron chi connectivity index (χ2n) is 6.17. The summed E-state index contributed by atoms with van der Waals surface area (Å²) in [7, 11) is 1.59. The van der Waals surface area contributed by atoms with Gasteiger partial charge in [-0.15, -0.1) is 16.4 Å². The van der Waals surface area contributed by atoms with Crippen molar-refractivity contribution in [1.82, 2.24) is 14.8 Å². The maximum Gasteiger partial charge on any atom is 0.295 e. The van der Waals surface area contributed by atoms with Gasteiger partial charge in [-0.05, 0) is 35.7 Å². The first kappa shape index (κ1) is 19.0. The molecule has 0 radical (unpaired) electrons. The lowest BCUT2D eigenvalue weighted by molar-refractivity contribution is 0.101. The average molecular weight is 408 g/mol. The SMILES string of the molecule is COCc1ccccc1NC(=O)c1nc(-c2cccs2)n(-c2cccc(F)c2)n1. The summed E-state index contributed by atoms with van der Waals surface area (Å²) in [6, 6.07) is 17.1. The number of hydrogen-bond donors (Lipinski definition) is 1. The number of nitrogens with one attached hydrogen (secondary N) is 1. The number of benzene rings is 2. The zero-order valence-electron chi connectivity index (χ0n) is 15.5. The minimum atomic E-state index is -0.457. The summed E-state index contributed by atoms with van der Waals surface area (Å²) < 4.78 is 20.4. The number of halogens is 1.